The van der Waals surface area contributed by atoms with Crippen LogP contribution in [0.25, 0.3) is 0 Å². The lowest BCUT2D eigenvalue weighted by atomic mass is 9.95. The molecule has 26 heavy (non-hydrogen) atoms. The third-order valence-corrected chi connectivity index (χ3v) is 4.95. The Morgan fingerprint density at radius 2 is 1.73 bits per heavy atom. The van der Waals surface area contributed by atoms with Crippen LogP contribution in [0.2, 0.25) is 5.02 Å². The molecule has 0 bridgehead atoms. The molecule has 3 rings (SSSR count). The van der Waals surface area contributed by atoms with Crippen molar-refractivity contribution in [1.29, 1.82) is 0 Å². The van der Waals surface area contributed by atoms with Crippen molar-refractivity contribution in [3.63, 3.8) is 0 Å². The van der Waals surface area contributed by atoms with E-state index in [1.165, 1.54) is 0 Å². The van der Waals surface area contributed by atoms with Gasteiger partial charge in [0.05, 0.1) is 23.4 Å². The van der Waals surface area contributed by atoms with Crippen LogP contribution in [-0.2, 0) is 4.79 Å². The van der Waals surface area contributed by atoms with Crippen LogP contribution in [-0.4, -0.2) is 36.9 Å². The lowest BCUT2D eigenvalue weighted by Gasteiger charge is -2.31. The number of carbonyl (C=O) groups excluding carboxylic acids is 2. The highest BCUT2D eigenvalue weighted by Gasteiger charge is 2.28. The number of anilines is 1. The van der Waals surface area contributed by atoms with E-state index in [1.54, 1.807) is 42.3 Å². The number of rotatable bonds is 4. The van der Waals surface area contributed by atoms with Crippen LogP contribution in [0.4, 0.5) is 5.69 Å². The molecule has 0 spiro atoms. The number of para-hydroxylation sites is 2. The van der Waals surface area contributed by atoms with E-state index in [4.69, 9.17) is 16.3 Å². The molecule has 2 aromatic carbocycles. The number of carbonyl (C=O) groups is 2. The predicted molar refractivity (Wildman–Crippen MR) is 102 cm³/mol. The first-order valence-electron chi connectivity index (χ1n) is 8.58. The van der Waals surface area contributed by atoms with E-state index >= 15 is 0 Å². The number of amides is 2. The van der Waals surface area contributed by atoms with E-state index in [2.05, 4.69) is 5.32 Å². The number of nitrogens with zero attached hydrogens (tertiary/aromatic N) is 1. The smallest absolute Gasteiger partial charge is 0.255 e. The molecule has 0 aromatic heterocycles. The van der Waals surface area contributed by atoms with Gasteiger partial charge in [0.25, 0.3) is 5.91 Å². The normalized spacial score (nSPS) is 14.8. The maximum Gasteiger partial charge on any atom is 0.255 e. The van der Waals surface area contributed by atoms with Crippen LogP contribution in [0.3, 0.4) is 0 Å². The van der Waals surface area contributed by atoms with Gasteiger partial charge in [-0.2, -0.15) is 0 Å². The van der Waals surface area contributed by atoms with Crippen LogP contribution in [0, 0.1) is 5.92 Å². The Hall–Kier alpha value is -2.53. The number of hydrogen-bond acceptors (Lipinski definition) is 3. The Morgan fingerprint density at radius 1 is 1.08 bits per heavy atom. The summed E-state index contributed by atoms with van der Waals surface area (Å²) >= 11 is 6.11. The molecule has 0 atom stereocenters. The summed E-state index contributed by atoms with van der Waals surface area (Å²) in [6.07, 6.45) is 1.24. The summed E-state index contributed by atoms with van der Waals surface area (Å²) in [5.41, 5.74) is 1.17. The van der Waals surface area contributed by atoms with Crippen LogP contribution >= 0.6 is 11.6 Å². The van der Waals surface area contributed by atoms with Gasteiger partial charge < -0.3 is 15.0 Å². The Morgan fingerprint density at radius 3 is 2.42 bits per heavy atom. The average molecular weight is 373 g/mol. The largest absolute Gasteiger partial charge is 0.495 e. The molecule has 1 aliphatic rings. The Balaban J connectivity index is 1.59. The van der Waals surface area contributed by atoms with E-state index in [1.807, 2.05) is 18.2 Å². The molecule has 1 aliphatic heterocycles. The lowest BCUT2D eigenvalue weighted by Crippen LogP contribution is -2.41. The second kappa shape index (κ2) is 8.23. The quantitative estimate of drug-likeness (QED) is 0.887. The molecule has 0 saturated carbocycles. The summed E-state index contributed by atoms with van der Waals surface area (Å²) in [7, 11) is 1.57. The highest BCUT2D eigenvalue weighted by molar-refractivity contribution is 6.33. The first kappa shape index (κ1) is 18.3. The zero-order valence-corrected chi connectivity index (χ0v) is 15.3. The summed E-state index contributed by atoms with van der Waals surface area (Å²) in [4.78, 5) is 26.9. The summed E-state index contributed by atoms with van der Waals surface area (Å²) in [6.45, 7) is 1.07. The number of ether oxygens (including phenoxy) is 1. The fraction of sp³-hybridized carbons (Fsp3) is 0.300. The summed E-state index contributed by atoms with van der Waals surface area (Å²) in [5, 5.41) is 3.38. The van der Waals surface area contributed by atoms with E-state index < -0.39 is 0 Å². The number of benzene rings is 2. The van der Waals surface area contributed by atoms with Crippen molar-refractivity contribution in [2.24, 2.45) is 5.92 Å². The molecule has 2 amide bonds. The van der Waals surface area contributed by atoms with Gasteiger partial charge in [-0.05, 0) is 37.1 Å². The van der Waals surface area contributed by atoms with Crippen molar-refractivity contribution in [2.45, 2.75) is 12.8 Å². The SMILES string of the molecule is COc1ccccc1NC(=O)C1CCN(C(=O)c2ccccc2Cl)CC1. The van der Waals surface area contributed by atoms with Crippen molar-refractivity contribution in [3.8, 4) is 5.75 Å². The van der Waals surface area contributed by atoms with Gasteiger partial charge in [-0.25, -0.2) is 0 Å². The first-order valence-corrected chi connectivity index (χ1v) is 8.95. The van der Waals surface area contributed by atoms with E-state index in [9.17, 15) is 9.59 Å². The molecule has 1 fully saturated rings. The summed E-state index contributed by atoms with van der Waals surface area (Å²) in [5.74, 6) is 0.376. The lowest BCUT2D eigenvalue weighted by molar-refractivity contribution is -0.121. The molecular formula is C20H21ClN2O3. The van der Waals surface area contributed by atoms with Gasteiger partial charge in [-0.3, -0.25) is 9.59 Å². The molecule has 6 heteroatoms. The monoisotopic (exact) mass is 372 g/mol. The Bertz CT molecular complexity index is 801. The number of piperidine rings is 1. The van der Waals surface area contributed by atoms with Crippen LogP contribution in [0.1, 0.15) is 23.2 Å². The highest BCUT2D eigenvalue weighted by Crippen LogP contribution is 2.26. The van der Waals surface area contributed by atoms with Gasteiger partial charge in [-0.1, -0.05) is 35.9 Å². The van der Waals surface area contributed by atoms with Crippen molar-refractivity contribution >= 4 is 29.1 Å². The third kappa shape index (κ3) is 3.99. The van der Waals surface area contributed by atoms with E-state index in [0.29, 0.717) is 48.0 Å². The topological polar surface area (TPSA) is 58.6 Å². The van der Waals surface area contributed by atoms with Gasteiger partial charge >= 0.3 is 0 Å². The van der Waals surface area contributed by atoms with Crippen molar-refractivity contribution in [1.82, 2.24) is 4.90 Å². The predicted octanol–water partition coefficient (Wildman–Crippen LogP) is 3.84. The number of halogens is 1. The van der Waals surface area contributed by atoms with Gasteiger partial charge in [0, 0.05) is 19.0 Å². The van der Waals surface area contributed by atoms with E-state index in [-0.39, 0.29) is 17.7 Å². The number of likely N-dealkylation sites (tertiary alicyclic amines) is 1. The van der Waals surface area contributed by atoms with Gasteiger partial charge in [0.1, 0.15) is 5.75 Å². The minimum absolute atomic E-state index is 0.0423. The first-order chi connectivity index (χ1) is 12.6. The Kier molecular flexibility index (Phi) is 5.78. The molecule has 0 radical (unpaired) electrons. The molecule has 1 N–H and O–H groups in total. The van der Waals surface area contributed by atoms with Crippen molar-refractivity contribution < 1.29 is 14.3 Å². The Labute approximate surface area is 157 Å². The molecule has 5 nitrogen and oxygen atoms in total. The highest BCUT2D eigenvalue weighted by atomic mass is 35.5. The van der Waals surface area contributed by atoms with Gasteiger partial charge in [0.15, 0.2) is 0 Å². The van der Waals surface area contributed by atoms with Gasteiger partial charge in [0.2, 0.25) is 5.91 Å². The number of methoxy groups -OCH3 is 1. The van der Waals surface area contributed by atoms with Crippen LogP contribution in [0.15, 0.2) is 48.5 Å². The second-order valence-corrected chi connectivity index (χ2v) is 6.64. The fourth-order valence-electron chi connectivity index (χ4n) is 3.13. The number of nitrogens with one attached hydrogen (secondary N) is 1. The van der Waals surface area contributed by atoms with Crippen molar-refractivity contribution in [3.05, 3.63) is 59.1 Å². The molecular weight excluding hydrogens is 352 g/mol. The average Bonchev–Trinajstić information content (AvgIpc) is 2.68. The molecule has 0 aliphatic carbocycles. The minimum atomic E-state index is -0.129. The third-order valence-electron chi connectivity index (χ3n) is 4.62. The molecule has 136 valence electrons. The van der Waals surface area contributed by atoms with Crippen LogP contribution in [0.5, 0.6) is 5.75 Å². The molecule has 0 unspecified atom stereocenters. The standard InChI is InChI=1S/C20H21ClN2O3/c1-26-18-9-5-4-8-17(18)22-19(24)14-10-12-23(13-11-14)20(25)15-6-2-3-7-16(15)21/h2-9,14H,10-13H2,1H3,(H,22,24). The molecule has 2 aromatic rings. The zero-order chi connectivity index (χ0) is 18.5. The minimum Gasteiger partial charge on any atom is -0.495 e. The maximum atomic E-state index is 12.6. The summed E-state index contributed by atoms with van der Waals surface area (Å²) in [6, 6.07) is 14.4. The van der Waals surface area contributed by atoms with E-state index in [0.717, 1.165) is 0 Å². The van der Waals surface area contributed by atoms with Crippen molar-refractivity contribution in [2.75, 3.05) is 25.5 Å². The second-order valence-electron chi connectivity index (χ2n) is 6.24. The molecule has 1 saturated heterocycles. The number of hydrogen-bond donors (Lipinski definition) is 1. The zero-order valence-electron chi connectivity index (χ0n) is 14.6. The van der Waals surface area contributed by atoms with Crippen LogP contribution < -0.4 is 10.1 Å². The summed E-state index contributed by atoms with van der Waals surface area (Å²) < 4.78 is 5.26. The molecule has 1 heterocycles. The van der Waals surface area contributed by atoms with Gasteiger partial charge in [-0.15, -0.1) is 0 Å². The fourth-order valence-corrected chi connectivity index (χ4v) is 3.35. The maximum absolute atomic E-state index is 12.6.